The molecule has 0 saturated carbocycles. The Morgan fingerprint density at radius 3 is 2.71 bits per heavy atom. The summed E-state index contributed by atoms with van der Waals surface area (Å²) in [5, 5.41) is 2.98. The summed E-state index contributed by atoms with van der Waals surface area (Å²) in [7, 11) is 0. The fraction of sp³-hybridized carbons (Fsp3) is 0.538. The van der Waals surface area contributed by atoms with Gasteiger partial charge in [-0.2, -0.15) is 0 Å². The molecule has 0 radical (unpaired) electrons. The second kappa shape index (κ2) is 5.05. The number of anilines is 1. The van der Waals surface area contributed by atoms with E-state index in [1.54, 1.807) is 17.0 Å². The highest BCUT2D eigenvalue weighted by Gasteiger charge is 2.17. The molecular weight excluding hydrogens is 214 g/mol. The second-order valence-electron chi connectivity index (χ2n) is 4.89. The topological polar surface area (TPSA) is 46.9 Å². The molecule has 4 heteroatoms. The normalized spacial score (nSPS) is 12.9. The van der Waals surface area contributed by atoms with Crippen molar-refractivity contribution in [3.8, 4) is 12.3 Å². The molecule has 0 aromatic carbocycles. The molecule has 0 fully saturated rings. The number of terminal acetylenes is 1. The van der Waals surface area contributed by atoms with Crippen LogP contribution in [0.4, 0.5) is 5.82 Å². The summed E-state index contributed by atoms with van der Waals surface area (Å²) in [4.78, 5) is 16.2. The molecular formula is C13H19N3O. The van der Waals surface area contributed by atoms with Crippen molar-refractivity contribution in [3.63, 3.8) is 0 Å². The summed E-state index contributed by atoms with van der Waals surface area (Å²) in [6, 6.07) is -0.161. The molecule has 1 rings (SSSR count). The molecule has 0 aliphatic heterocycles. The molecule has 0 saturated heterocycles. The zero-order valence-corrected chi connectivity index (χ0v) is 10.8. The van der Waals surface area contributed by atoms with E-state index in [-0.39, 0.29) is 17.1 Å². The lowest BCUT2D eigenvalue weighted by molar-refractivity contribution is 0.383. The highest BCUT2D eigenvalue weighted by atomic mass is 16.1. The summed E-state index contributed by atoms with van der Waals surface area (Å²) < 4.78 is 1.64. The van der Waals surface area contributed by atoms with Crippen LogP contribution in [0.25, 0.3) is 0 Å². The first kappa shape index (κ1) is 13.3. The molecule has 1 heterocycles. The number of hydrogen-bond donors (Lipinski definition) is 1. The predicted molar refractivity (Wildman–Crippen MR) is 70.0 cm³/mol. The molecule has 0 bridgehead atoms. The van der Waals surface area contributed by atoms with Gasteiger partial charge in [0, 0.05) is 17.9 Å². The van der Waals surface area contributed by atoms with Crippen LogP contribution in [-0.2, 0) is 5.54 Å². The van der Waals surface area contributed by atoms with Gasteiger partial charge in [-0.1, -0.05) is 12.8 Å². The molecule has 0 spiro atoms. The summed E-state index contributed by atoms with van der Waals surface area (Å²) in [5.74, 6) is 2.90. The van der Waals surface area contributed by atoms with Crippen molar-refractivity contribution >= 4 is 5.82 Å². The fourth-order valence-electron chi connectivity index (χ4n) is 1.47. The van der Waals surface area contributed by atoms with Gasteiger partial charge < -0.3 is 9.88 Å². The molecule has 1 aromatic heterocycles. The Bertz CT molecular complexity index is 477. The zero-order chi connectivity index (χ0) is 13.1. The molecule has 17 heavy (non-hydrogen) atoms. The maximum Gasteiger partial charge on any atom is 0.293 e. The van der Waals surface area contributed by atoms with Crippen LogP contribution in [0.5, 0.6) is 0 Å². The van der Waals surface area contributed by atoms with Crippen LogP contribution in [-0.4, -0.2) is 15.6 Å². The van der Waals surface area contributed by atoms with Crippen molar-refractivity contribution in [2.24, 2.45) is 0 Å². The summed E-state index contributed by atoms with van der Waals surface area (Å²) >= 11 is 0. The van der Waals surface area contributed by atoms with Crippen molar-refractivity contribution in [3.05, 3.63) is 22.7 Å². The highest BCUT2D eigenvalue weighted by molar-refractivity contribution is 5.35. The Morgan fingerprint density at radius 2 is 2.24 bits per heavy atom. The molecule has 4 nitrogen and oxygen atoms in total. The SMILES string of the molecule is C#CC(CC)Nc1nccn(C(C)(C)C)c1=O. The van der Waals surface area contributed by atoms with E-state index < -0.39 is 0 Å². The molecule has 1 aromatic rings. The first-order valence-corrected chi connectivity index (χ1v) is 5.71. The monoisotopic (exact) mass is 233 g/mol. The Morgan fingerprint density at radius 1 is 1.59 bits per heavy atom. The minimum Gasteiger partial charge on any atom is -0.352 e. The van der Waals surface area contributed by atoms with Gasteiger partial charge >= 0.3 is 0 Å². The second-order valence-corrected chi connectivity index (χ2v) is 4.89. The minimum atomic E-state index is -0.270. The van der Waals surface area contributed by atoms with E-state index in [0.717, 1.165) is 6.42 Å². The van der Waals surface area contributed by atoms with Crippen molar-refractivity contribution < 1.29 is 0 Å². The van der Waals surface area contributed by atoms with Crippen LogP contribution < -0.4 is 10.9 Å². The summed E-state index contributed by atoms with van der Waals surface area (Å²) in [5.41, 5.74) is -0.414. The highest BCUT2D eigenvalue weighted by Crippen LogP contribution is 2.11. The van der Waals surface area contributed by atoms with Crippen molar-refractivity contribution in [2.45, 2.75) is 45.7 Å². The van der Waals surface area contributed by atoms with Crippen LogP contribution in [0.3, 0.4) is 0 Å². The third kappa shape index (κ3) is 3.10. The van der Waals surface area contributed by atoms with Crippen LogP contribution in [0, 0.1) is 12.3 Å². The van der Waals surface area contributed by atoms with E-state index in [0.29, 0.717) is 5.82 Å². The first-order valence-electron chi connectivity index (χ1n) is 5.71. The third-order valence-corrected chi connectivity index (χ3v) is 2.48. The van der Waals surface area contributed by atoms with Gasteiger partial charge in [0.1, 0.15) is 0 Å². The maximum absolute atomic E-state index is 12.2. The lowest BCUT2D eigenvalue weighted by Gasteiger charge is -2.23. The quantitative estimate of drug-likeness (QED) is 0.810. The van der Waals surface area contributed by atoms with Crippen LogP contribution in [0.2, 0.25) is 0 Å². The lowest BCUT2D eigenvalue weighted by Crippen LogP contribution is -2.36. The van der Waals surface area contributed by atoms with E-state index in [4.69, 9.17) is 6.42 Å². The molecule has 0 amide bonds. The Balaban J connectivity index is 3.13. The van der Waals surface area contributed by atoms with E-state index in [2.05, 4.69) is 16.2 Å². The predicted octanol–water partition coefficient (Wildman–Crippen LogP) is 1.82. The van der Waals surface area contributed by atoms with Gasteiger partial charge in [-0.25, -0.2) is 4.98 Å². The molecule has 1 N–H and O–H groups in total. The van der Waals surface area contributed by atoms with Gasteiger partial charge in [0.15, 0.2) is 5.82 Å². The zero-order valence-electron chi connectivity index (χ0n) is 10.8. The summed E-state index contributed by atoms with van der Waals surface area (Å²) in [6.45, 7) is 7.87. The van der Waals surface area contributed by atoms with E-state index >= 15 is 0 Å². The molecule has 92 valence electrons. The van der Waals surface area contributed by atoms with Gasteiger partial charge in [0.25, 0.3) is 5.56 Å². The van der Waals surface area contributed by atoms with Gasteiger partial charge in [-0.05, 0) is 27.2 Å². The van der Waals surface area contributed by atoms with Crippen molar-refractivity contribution in [2.75, 3.05) is 5.32 Å². The Labute approximate surface area is 102 Å². The molecule has 1 unspecified atom stereocenters. The van der Waals surface area contributed by atoms with Gasteiger partial charge in [-0.15, -0.1) is 6.42 Å². The lowest BCUT2D eigenvalue weighted by atomic mass is 10.1. The Kier molecular flexibility index (Phi) is 3.95. The minimum absolute atomic E-state index is 0.145. The van der Waals surface area contributed by atoms with Gasteiger partial charge in [0.2, 0.25) is 0 Å². The number of hydrogen-bond acceptors (Lipinski definition) is 3. The van der Waals surface area contributed by atoms with Gasteiger partial charge in [0.05, 0.1) is 6.04 Å². The van der Waals surface area contributed by atoms with Crippen LogP contribution in [0.15, 0.2) is 17.2 Å². The number of aromatic nitrogens is 2. The largest absolute Gasteiger partial charge is 0.352 e. The number of nitrogens with zero attached hydrogens (tertiary/aromatic N) is 2. The smallest absolute Gasteiger partial charge is 0.293 e. The molecule has 1 atom stereocenters. The van der Waals surface area contributed by atoms with Gasteiger partial charge in [-0.3, -0.25) is 4.79 Å². The van der Waals surface area contributed by atoms with E-state index in [9.17, 15) is 4.79 Å². The number of nitrogens with one attached hydrogen (secondary N) is 1. The first-order chi connectivity index (χ1) is 7.90. The standard InChI is InChI=1S/C13H19N3O/c1-6-10(7-2)15-11-12(17)16(9-8-14-11)13(3,4)5/h1,8-10H,7H2,2-5H3,(H,14,15). The third-order valence-electron chi connectivity index (χ3n) is 2.48. The number of rotatable bonds is 3. The molecule has 0 aliphatic rings. The van der Waals surface area contributed by atoms with Crippen molar-refractivity contribution in [1.29, 1.82) is 0 Å². The van der Waals surface area contributed by atoms with E-state index in [1.165, 1.54) is 0 Å². The average molecular weight is 233 g/mol. The van der Waals surface area contributed by atoms with Crippen molar-refractivity contribution in [1.82, 2.24) is 9.55 Å². The van der Waals surface area contributed by atoms with Crippen LogP contribution >= 0.6 is 0 Å². The fourth-order valence-corrected chi connectivity index (χ4v) is 1.47. The maximum atomic E-state index is 12.2. The Hall–Kier alpha value is -1.76. The van der Waals surface area contributed by atoms with E-state index in [1.807, 2.05) is 27.7 Å². The average Bonchev–Trinajstić information content (AvgIpc) is 2.26. The summed E-state index contributed by atoms with van der Waals surface area (Å²) in [6.07, 6.45) is 9.40. The van der Waals surface area contributed by atoms with Crippen LogP contribution in [0.1, 0.15) is 34.1 Å². The molecule has 0 aliphatic carbocycles.